The third-order valence-corrected chi connectivity index (χ3v) is 8.56. The number of nitrogens with zero attached hydrogens (tertiary/aromatic N) is 7. The van der Waals surface area contributed by atoms with E-state index in [4.69, 9.17) is 41.8 Å². The fourth-order valence-electron chi connectivity index (χ4n) is 5.14. The number of nitrogens with two attached hydrogens (primary N) is 1. The van der Waals surface area contributed by atoms with Crippen LogP contribution in [0.25, 0.3) is 11.4 Å². The van der Waals surface area contributed by atoms with Crippen LogP contribution in [0, 0.1) is 6.92 Å². The summed E-state index contributed by atoms with van der Waals surface area (Å²) in [7, 11) is 3.41. The van der Waals surface area contributed by atoms with Crippen LogP contribution < -0.4 is 20.3 Å². The SMILES string of the molecule is CCC[C@@H](O)COc1ccc(Cl)c(-c2nc(C(=NC)C(Br)=CN)c(C)c(N3Cc4cnc(N5CC(OC)C5)nc4C3)n2)c1. The van der Waals surface area contributed by atoms with Gasteiger partial charge in [-0.25, -0.2) is 19.9 Å². The minimum atomic E-state index is -0.551. The van der Waals surface area contributed by atoms with Gasteiger partial charge in [0.25, 0.3) is 0 Å². The lowest BCUT2D eigenvalue weighted by atomic mass is 10.1. The summed E-state index contributed by atoms with van der Waals surface area (Å²) in [5.74, 6) is 2.40. The average Bonchev–Trinajstić information content (AvgIpc) is 3.41. The van der Waals surface area contributed by atoms with Crippen LogP contribution in [0.15, 0.2) is 40.1 Å². The van der Waals surface area contributed by atoms with Gasteiger partial charge in [-0.2, -0.15) is 0 Å². The minimum Gasteiger partial charge on any atom is -0.491 e. The number of anilines is 2. The van der Waals surface area contributed by atoms with Crippen LogP contribution in [0.2, 0.25) is 5.02 Å². The second kappa shape index (κ2) is 13.5. The van der Waals surface area contributed by atoms with Crippen LogP contribution in [-0.4, -0.2) is 76.8 Å². The van der Waals surface area contributed by atoms with Crippen molar-refractivity contribution in [1.82, 2.24) is 19.9 Å². The van der Waals surface area contributed by atoms with Crippen LogP contribution in [-0.2, 0) is 17.8 Å². The molecule has 1 fully saturated rings. The van der Waals surface area contributed by atoms with Gasteiger partial charge in [0.2, 0.25) is 5.95 Å². The van der Waals surface area contributed by atoms with Gasteiger partial charge in [0.15, 0.2) is 5.82 Å². The topological polar surface area (TPSA) is 135 Å². The molecule has 3 N–H and O–H groups in total. The molecule has 1 atom stereocenters. The van der Waals surface area contributed by atoms with Crippen molar-refractivity contribution in [2.24, 2.45) is 10.7 Å². The summed E-state index contributed by atoms with van der Waals surface area (Å²) >= 11 is 10.2. The number of aromatic nitrogens is 4. The van der Waals surface area contributed by atoms with Crippen LogP contribution in [0.5, 0.6) is 5.75 Å². The van der Waals surface area contributed by atoms with Crippen molar-refractivity contribution in [1.29, 1.82) is 0 Å². The highest BCUT2D eigenvalue weighted by molar-refractivity contribution is 9.12. The van der Waals surface area contributed by atoms with Crippen molar-refractivity contribution in [3.8, 4) is 17.1 Å². The normalized spacial score (nSPS) is 16.3. The predicted molar refractivity (Wildman–Crippen MR) is 172 cm³/mol. The average molecular weight is 672 g/mol. The quantitative estimate of drug-likeness (QED) is 0.283. The number of rotatable bonds is 11. The van der Waals surface area contributed by atoms with E-state index in [1.807, 2.05) is 20.0 Å². The van der Waals surface area contributed by atoms with Gasteiger partial charge in [-0.05, 0) is 47.5 Å². The van der Waals surface area contributed by atoms with Crippen molar-refractivity contribution in [3.05, 3.63) is 62.6 Å². The number of halogens is 2. The Morgan fingerprint density at radius 1 is 1.26 bits per heavy atom. The van der Waals surface area contributed by atoms with Crippen LogP contribution in [0.3, 0.4) is 0 Å². The van der Waals surface area contributed by atoms with E-state index in [0.717, 1.165) is 42.1 Å². The Morgan fingerprint density at radius 2 is 2.05 bits per heavy atom. The minimum absolute atomic E-state index is 0.180. The van der Waals surface area contributed by atoms with Gasteiger partial charge in [0.1, 0.15) is 18.2 Å². The second-order valence-corrected chi connectivity index (χ2v) is 11.8. The van der Waals surface area contributed by atoms with Gasteiger partial charge >= 0.3 is 0 Å². The van der Waals surface area contributed by atoms with Crippen molar-refractivity contribution < 1.29 is 14.6 Å². The third kappa shape index (κ3) is 6.62. The van der Waals surface area contributed by atoms with Crippen LogP contribution in [0.1, 0.15) is 42.3 Å². The standard InChI is InChI=1S/C30H36BrClN8O3/c1-5-6-19(41)16-43-20-7-8-24(32)22(9-20)28-37-26(27(34-3)23(31)10-33)17(2)29(38-28)39-12-18-11-35-30(36-25(18)15-39)40-13-21(14-40)42-4/h7-11,19,21,41H,5-6,12-16,33H2,1-4H3/t19-/m1/s1. The van der Waals surface area contributed by atoms with Gasteiger partial charge in [-0.3, -0.25) is 4.99 Å². The predicted octanol–water partition coefficient (Wildman–Crippen LogP) is 4.40. The zero-order valence-corrected chi connectivity index (χ0v) is 27.1. The monoisotopic (exact) mass is 670 g/mol. The lowest BCUT2D eigenvalue weighted by molar-refractivity contribution is 0.0778. The summed E-state index contributed by atoms with van der Waals surface area (Å²) in [5.41, 5.74) is 10.5. The first kappa shape index (κ1) is 31.1. The molecule has 43 heavy (non-hydrogen) atoms. The number of fused-ring (bicyclic) bond motifs is 1. The maximum atomic E-state index is 10.2. The van der Waals surface area contributed by atoms with E-state index in [-0.39, 0.29) is 12.7 Å². The van der Waals surface area contributed by atoms with E-state index in [2.05, 4.69) is 35.7 Å². The van der Waals surface area contributed by atoms with E-state index in [9.17, 15) is 5.11 Å². The molecule has 0 saturated carbocycles. The number of ether oxygens (including phenoxy) is 2. The lowest BCUT2D eigenvalue weighted by Crippen LogP contribution is -2.52. The van der Waals surface area contributed by atoms with E-state index in [1.54, 1.807) is 32.4 Å². The largest absolute Gasteiger partial charge is 0.491 e. The van der Waals surface area contributed by atoms with Crippen molar-refractivity contribution >= 4 is 45.0 Å². The highest BCUT2D eigenvalue weighted by atomic mass is 79.9. The van der Waals surface area contributed by atoms with E-state index >= 15 is 0 Å². The Bertz CT molecular complexity index is 1550. The summed E-state index contributed by atoms with van der Waals surface area (Å²) in [4.78, 5) is 28.2. The summed E-state index contributed by atoms with van der Waals surface area (Å²) in [5, 5.41) is 10.6. The molecule has 2 aliphatic rings. The molecule has 2 aromatic heterocycles. The lowest BCUT2D eigenvalue weighted by Gasteiger charge is -2.38. The van der Waals surface area contributed by atoms with Crippen molar-refractivity contribution in [2.45, 2.75) is 52.0 Å². The summed E-state index contributed by atoms with van der Waals surface area (Å²) < 4.78 is 11.9. The Hall–Kier alpha value is -3.32. The molecule has 0 radical (unpaired) electrons. The number of hydrogen-bond donors (Lipinski definition) is 2. The van der Waals surface area contributed by atoms with Crippen LogP contribution in [0.4, 0.5) is 11.8 Å². The number of aliphatic imine (C=N–C) groups is 1. The smallest absolute Gasteiger partial charge is 0.225 e. The molecule has 0 spiro atoms. The zero-order valence-electron chi connectivity index (χ0n) is 24.7. The number of allylic oxidation sites excluding steroid dienone is 1. The highest BCUT2D eigenvalue weighted by Gasteiger charge is 2.31. The highest BCUT2D eigenvalue weighted by Crippen LogP contribution is 2.36. The Labute approximate surface area is 265 Å². The van der Waals surface area contributed by atoms with Crippen molar-refractivity contribution in [3.63, 3.8) is 0 Å². The van der Waals surface area contributed by atoms with E-state index in [1.165, 1.54) is 6.20 Å². The molecule has 0 bridgehead atoms. The van der Waals surface area contributed by atoms with Gasteiger partial charge in [0, 0.05) is 62.9 Å². The number of aliphatic hydroxyl groups excluding tert-OH is 1. The van der Waals surface area contributed by atoms with E-state index in [0.29, 0.717) is 63.5 Å². The first-order valence-electron chi connectivity index (χ1n) is 14.2. The zero-order chi connectivity index (χ0) is 30.7. The molecular formula is C30H36BrClN8O3. The molecule has 4 heterocycles. The maximum Gasteiger partial charge on any atom is 0.225 e. The molecular weight excluding hydrogens is 636 g/mol. The first-order valence-corrected chi connectivity index (χ1v) is 15.3. The number of hydrogen-bond acceptors (Lipinski definition) is 11. The number of aliphatic hydroxyl groups is 1. The summed E-state index contributed by atoms with van der Waals surface area (Å²) in [6, 6.07) is 5.32. The molecule has 1 saturated heterocycles. The second-order valence-electron chi connectivity index (χ2n) is 10.6. The van der Waals surface area contributed by atoms with Gasteiger partial charge in [-0.1, -0.05) is 24.9 Å². The molecule has 0 aliphatic carbocycles. The fourth-order valence-corrected chi connectivity index (χ4v) is 5.71. The summed E-state index contributed by atoms with van der Waals surface area (Å²) in [6.45, 7) is 6.87. The van der Waals surface area contributed by atoms with E-state index < -0.39 is 6.10 Å². The van der Waals surface area contributed by atoms with Crippen molar-refractivity contribution in [2.75, 3.05) is 43.7 Å². The number of benzene rings is 1. The molecule has 228 valence electrons. The van der Waals surface area contributed by atoms with Gasteiger partial charge in [0.05, 0.1) is 45.4 Å². The molecule has 0 unspecified atom stereocenters. The molecule has 11 nitrogen and oxygen atoms in total. The fraction of sp³-hybridized carbons (Fsp3) is 0.433. The van der Waals surface area contributed by atoms with Gasteiger partial charge < -0.3 is 30.1 Å². The molecule has 2 aliphatic heterocycles. The van der Waals surface area contributed by atoms with Crippen LogP contribution >= 0.6 is 27.5 Å². The molecule has 5 rings (SSSR count). The van der Waals surface area contributed by atoms with Gasteiger partial charge in [-0.15, -0.1) is 0 Å². The Balaban J connectivity index is 1.52. The molecule has 1 aromatic carbocycles. The molecule has 0 amide bonds. The third-order valence-electron chi connectivity index (χ3n) is 7.59. The Morgan fingerprint density at radius 3 is 2.74 bits per heavy atom. The number of methoxy groups -OCH3 is 1. The Kier molecular flexibility index (Phi) is 9.80. The first-order chi connectivity index (χ1) is 20.8. The molecule has 13 heteroatoms. The summed E-state index contributed by atoms with van der Waals surface area (Å²) in [6.07, 6.45) is 4.53. The maximum absolute atomic E-state index is 10.2. The molecule has 3 aromatic rings.